The molecule has 0 aliphatic carbocycles. The fourth-order valence-corrected chi connectivity index (χ4v) is 2.71. The van der Waals surface area contributed by atoms with Gasteiger partial charge >= 0.3 is 0 Å². The number of aromatic nitrogens is 2. The largest absolute Gasteiger partial charge is 0.357 e. The molecule has 5 nitrogen and oxygen atoms in total. The minimum absolute atomic E-state index is 0.536. The summed E-state index contributed by atoms with van der Waals surface area (Å²) >= 11 is 6.20. The Morgan fingerprint density at radius 2 is 2.17 bits per heavy atom. The number of anilines is 2. The summed E-state index contributed by atoms with van der Waals surface area (Å²) in [6.07, 6.45) is 1.66. The first-order valence-electron chi connectivity index (χ1n) is 6.14. The van der Waals surface area contributed by atoms with Crippen molar-refractivity contribution in [2.45, 2.75) is 13.0 Å². The van der Waals surface area contributed by atoms with Crippen molar-refractivity contribution in [2.75, 3.05) is 44.4 Å². The van der Waals surface area contributed by atoms with Gasteiger partial charge in [-0.3, -0.25) is 0 Å². The van der Waals surface area contributed by atoms with Gasteiger partial charge in [-0.15, -0.1) is 0 Å². The summed E-state index contributed by atoms with van der Waals surface area (Å²) in [6, 6.07) is 0.536. The van der Waals surface area contributed by atoms with Gasteiger partial charge in [-0.25, -0.2) is 4.98 Å². The summed E-state index contributed by atoms with van der Waals surface area (Å²) < 4.78 is 0. The third-order valence-electron chi connectivity index (χ3n) is 3.48. The molecule has 0 aromatic carbocycles. The molecule has 18 heavy (non-hydrogen) atoms. The Balaban J connectivity index is 2.23. The number of halogens is 1. The first kappa shape index (κ1) is 13.4. The molecule has 1 N–H and O–H groups in total. The molecule has 1 aliphatic rings. The number of likely N-dealkylation sites (N-methyl/N-ethyl adjacent to an activating group) is 1. The van der Waals surface area contributed by atoms with E-state index in [-0.39, 0.29) is 0 Å². The van der Waals surface area contributed by atoms with Crippen LogP contribution in [0.2, 0.25) is 5.02 Å². The summed E-state index contributed by atoms with van der Waals surface area (Å²) in [6.45, 7) is 4.19. The van der Waals surface area contributed by atoms with Crippen molar-refractivity contribution in [3.05, 3.63) is 11.2 Å². The maximum absolute atomic E-state index is 6.20. The van der Waals surface area contributed by atoms with E-state index < -0.39 is 0 Å². The molecule has 0 spiro atoms. The first-order valence-corrected chi connectivity index (χ1v) is 6.52. The predicted octanol–water partition coefficient (Wildman–Crippen LogP) is 1.56. The second kappa shape index (κ2) is 5.28. The minimum atomic E-state index is 0.536. The average molecular weight is 270 g/mol. The molecule has 6 heteroatoms. The number of rotatable bonds is 3. The Kier molecular flexibility index (Phi) is 3.92. The van der Waals surface area contributed by atoms with E-state index in [4.69, 9.17) is 11.6 Å². The summed E-state index contributed by atoms with van der Waals surface area (Å²) in [4.78, 5) is 13.1. The number of hydrogen-bond donors (Lipinski definition) is 1. The first-order chi connectivity index (χ1) is 8.52. The normalized spacial score (nSPS) is 23.8. The van der Waals surface area contributed by atoms with E-state index in [1.165, 1.54) is 0 Å². The second-order valence-corrected chi connectivity index (χ2v) is 5.44. The monoisotopic (exact) mass is 269 g/mol. The Bertz CT molecular complexity index is 423. The van der Waals surface area contributed by atoms with Gasteiger partial charge in [0.05, 0.1) is 6.20 Å². The summed E-state index contributed by atoms with van der Waals surface area (Å²) in [7, 11) is 6.04. The Morgan fingerprint density at radius 3 is 2.72 bits per heavy atom. The topological polar surface area (TPSA) is 44.3 Å². The van der Waals surface area contributed by atoms with Crippen LogP contribution in [0.3, 0.4) is 0 Å². The molecule has 1 aromatic rings. The highest BCUT2D eigenvalue weighted by Crippen LogP contribution is 2.30. The van der Waals surface area contributed by atoms with Crippen LogP contribution in [0.15, 0.2) is 6.20 Å². The maximum atomic E-state index is 6.20. The molecular weight excluding hydrogens is 250 g/mol. The van der Waals surface area contributed by atoms with Gasteiger partial charge < -0.3 is 15.1 Å². The molecule has 1 saturated heterocycles. The van der Waals surface area contributed by atoms with E-state index in [0.29, 0.717) is 22.9 Å². The van der Waals surface area contributed by atoms with Crippen molar-refractivity contribution in [3.8, 4) is 0 Å². The average Bonchev–Trinajstić information content (AvgIpc) is 2.72. The van der Waals surface area contributed by atoms with Gasteiger partial charge in [0.25, 0.3) is 0 Å². The van der Waals surface area contributed by atoms with E-state index >= 15 is 0 Å². The van der Waals surface area contributed by atoms with Crippen LogP contribution in [-0.4, -0.2) is 55.1 Å². The van der Waals surface area contributed by atoms with Crippen LogP contribution in [0.25, 0.3) is 0 Å². The molecule has 2 rings (SSSR count). The third kappa shape index (κ3) is 2.52. The molecule has 0 saturated carbocycles. The summed E-state index contributed by atoms with van der Waals surface area (Å²) in [5, 5.41) is 3.56. The molecule has 2 atom stereocenters. The van der Waals surface area contributed by atoms with Crippen molar-refractivity contribution in [2.24, 2.45) is 5.92 Å². The molecular formula is C12H20ClN5. The van der Waals surface area contributed by atoms with E-state index in [2.05, 4.69) is 46.1 Å². The van der Waals surface area contributed by atoms with Crippen LogP contribution >= 0.6 is 11.6 Å². The van der Waals surface area contributed by atoms with Gasteiger partial charge in [-0.1, -0.05) is 18.5 Å². The van der Waals surface area contributed by atoms with Gasteiger partial charge in [0.1, 0.15) is 5.02 Å². The van der Waals surface area contributed by atoms with Crippen molar-refractivity contribution >= 4 is 23.4 Å². The van der Waals surface area contributed by atoms with E-state index in [1.807, 2.05) is 7.05 Å². The summed E-state index contributed by atoms with van der Waals surface area (Å²) in [5.74, 6) is 2.03. The Hall–Kier alpha value is -1.07. The fourth-order valence-electron chi connectivity index (χ4n) is 2.50. The molecule has 2 unspecified atom stereocenters. The van der Waals surface area contributed by atoms with Gasteiger partial charge in [0.2, 0.25) is 5.95 Å². The molecule has 1 aromatic heterocycles. The quantitative estimate of drug-likeness (QED) is 0.902. The van der Waals surface area contributed by atoms with Crippen LogP contribution < -0.4 is 10.2 Å². The van der Waals surface area contributed by atoms with Gasteiger partial charge in [0, 0.05) is 26.2 Å². The number of nitrogens with zero attached hydrogens (tertiary/aromatic N) is 4. The maximum Gasteiger partial charge on any atom is 0.224 e. The highest BCUT2D eigenvalue weighted by Gasteiger charge is 2.32. The highest BCUT2D eigenvalue weighted by atomic mass is 35.5. The lowest BCUT2D eigenvalue weighted by molar-refractivity contribution is 0.266. The molecule has 100 valence electrons. The van der Waals surface area contributed by atoms with Crippen LogP contribution in [0.4, 0.5) is 11.8 Å². The zero-order valence-electron chi connectivity index (χ0n) is 11.3. The van der Waals surface area contributed by atoms with Gasteiger partial charge in [0.15, 0.2) is 5.82 Å². The predicted molar refractivity (Wildman–Crippen MR) is 75.4 cm³/mol. The second-order valence-electron chi connectivity index (χ2n) is 5.03. The molecule has 0 bridgehead atoms. The van der Waals surface area contributed by atoms with E-state index in [9.17, 15) is 0 Å². The zero-order chi connectivity index (χ0) is 13.3. The number of hydrogen-bond acceptors (Lipinski definition) is 5. The van der Waals surface area contributed by atoms with Gasteiger partial charge in [-0.2, -0.15) is 4.98 Å². The smallest absolute Gasteiger partial charge is 0.224 e. The molecule has 0 amide bonds. The Morgan fingerprint density at radius 1 is 1.44 bits per heavy atom. The van der Waals surface area contributed by atoms with Crippen LogP contribution in [0, 0.1) is 5.92 Å². The van der Waals surface area contributed by atoms with Crippen molar-refractivity contribution in [1.29, 1.82) is 0 Å². The van der Waals surface area contributed by atoms with E-state index in [0.717, 1.165) is 18.9 Å². The lowest BCUT2D eigenvalue weighted by Gasteiger charge is -2.23. The SMILES string of the molecule is CNc1ncc(Cl)c(N2CC(C)C(N(C)C)C2)n1. The van der Waals surface area contributed by atoms with Crippen LogP contribution in [0.1, 0.15) is 6.92 Å². The molecule has 1 aliphatic heterocycles. The summed E-state index contributed by atoms with van der Waals surface area (Å²) in [5.41, 5.74) is 0. The van der Waals surface area contributed by atoms with Crippen molar-refractivity contribution in [3.63, 3.8) is 0 Å². The van der Waals surface area contributed by atoms with Gasteiger partial charge in [-0.05, 0) is 20.0 Å². The van der Waals surface area contributed by atoms with Crippen LogP contribution in [0.5, 0.6) is 0 Å². The fraction of sp³-hybridized carbons (Fsp3) is 0.667. The minimum Gasteiger partial charge on any atom is -0.357 e. The molecule has 2 heterocycles. The standard InChI is InChI=1S/C12H20ClN5/c1-8-6-18(7-10(8)17(3)4)11-9(13)5-15-12(14-2)16-11/h5,8,10H,6-7H2,1-4H3,(H,14,15,16). The van der Waals surface area contributed by atoms with Crippen LogP contribution in [-0.2, 0) is 0 Å². The van der Waals surface area contributed by atoms with Crippen molar-refractivity contribution < 1.29 is 0 Å². The lowest BCUT2D eigenvalue weighted by atomic mass is 10.1. The van der Waals surface area contributed by atoms with E-state index in [1.54, 1.807) is 6.20 Å². The Labute approximate surface area is 113 Å². The molecule has 0 radical (unpaired) electrons. The zero-order valence-corrected chi connectivity index (χ0v) is 12.1. The highest BCUT2D eigenvalue weighted by molar-refractivity contribution is 6.32. The van der Waals surface area contributed by atoms with Crippen molar-refractivity contribution in [1.82, 2.24) is 14.9 Å². The lowest BCUT2D eigenvalue weighted by Crippen LogP contribution is -2.34. The third-order valence-corrected chi connectivity index (χ3v) is 3.75. The number of nitrogens with one attached hydrogen (secondary N) is 1. The molecule has 1 fully saturated rings.